The van der Waals surface area contributed by atoms with E-state index in [1.54, 1.807) is 0 Å². The number of rotatable bonds is 17. The van der Waals surface area contributed by atoms with Gasteiger partial charge < -0.3 is 24.4 Å². The Morgan fingerprint density at radius 1 is 1.03 bits per heavy atom. The maximum atomic E-state index is 10.6. The van der Waals surface area contributed by atoms with Crippen molar-refractivity contribution in [3.8, 4) is 11.5 Å². The van der Waals surface area contributed by atoms with E-state index in [1.807, 2.05) is 32.1 Å². The summed E-state index contributed by atoms with van der Waals surface area (Å²) in [6.07, 6.45) is 6.61. The molecule has 1 aromatic carbocycles. The molecule has 0 amide bonds. The lowest BCUT2D eigenvalue weighted by atomic mass is 9.80. The van der Waals surface area contributed by atoms with E-state index in [0.717, 1.165) is 6.42 Å². The van der Waals surface area contributed by atoms with Crippen molar-refractivity contribution in [2.24, 2.45) is 5.41 Å². The second kappa shape index (κ2) is 13.8. The molecule has 1 rings (SSSR count). The average Bonchev–Trinajstić information content (AvgIpc) is 2.72. The smallest absolute Gasteiger partial charge is 0.161 e. The Bertz CT molecular complexity index is 639. The quantitative estimate of drug-likeness (QED) is 0.257. The number of unbranched alkanes of at least 4 members (excludes halogenated alkanes) is 2. The third-order valence-corrected chi connectivity index (χ3v) is 5.82. The fourth-order valence-electron chi connectivity index (χ4n) is 3.40. The highest BCUT2D eigenvalue weighted by molar-refractivity contribution is 5.45. The van der Waals surface area contributed by atoms with Gasteiger partial charge in [-0.1, -0.05) is 66.0 Å². The van der Waals surface area contributed by atoms with Crippen molar-refractivity contribution in [3.05, 3.63) is 36.4 Å². The molecule has 0 spiro atoms. The summed E-state index contributed by atoms with van der Waals surface area (Å²) in [5.74, 6) is 1.27. The molecular formula is C26H44O5. The Morgan fingerprint density at radius 2 is 1.77 bits per heavy atom. The first kappa shape index (κ1) is 27.5. The number of hydrogen-bond acceptors (Lipinski definition) is 5. The van der Waals surface area contributed by atoms with Crippen molar-refractivity contribution in [2.45, 2.75) is 78.2 Å². The van der Waals surface area contributed by atoms with Gasteiger partial charge in [0, 0.05) is 0 Å². The van der Waals surface area contributed by atoms with E-state index in [1.165, 1.54) is 24.8 Å². The Labute approximate surface area is 189 Å². The monoisotopic (exact) mass is 436 g/mol. The van der Waals surface area contributed by atoms with E-state index in [-0.39, 0.29) is 24.0 Å². The topological polar surface area (TPSA) is 68.2 Å². The Balaban J connectivity index is 2.97. The molecule has 0 heterocycles. The highest BCUT2D eigenvalue weighted by atomic mass is 16.5. The molecule has 5 heteroatoms. The molecule has 0 bridgehead atoms. The minimum absolute atomic E-state index is 0.00540. The van der Waals surface area contributed by atoms with E-state index < -0.39 is 6.10 Å². The van der Waals surface area contributed by atoms with E-state index in [2.05, 4.69) is 33.4 Å². The van der Waals surface area contributed by atoms with Crippen LogP contribution in [-0.4, -0.2) is 49.4 Å². The van der Waals surface area contributed by atoms with Crippen LogP contribution in [0.25, 0.3) is 0 Å². The van der Waals surface area contributed by atoms with E-state index in [4.69, 9.17) is 19.3 Å². The first-order valence-corrected chi connectivity index (χ1v) is 11.6. The zero-order valence-electron chi connectivity index (χ0n) is 20.3. The fourth-order valence-corrected chi connectivity index (χ4v) is 3.40. The van der Waals surface area contributed by atoms with Crippen LogP contribution in [0.1, 0.15) is 72.3 Å². The maximum absolute atomic E-state index is 10.6. The van der Waals surface area contributed by atoms with Gasteiger partial charge in [-0.25, -0.2) is 0 Å². The standard InChI is InChI=1S/C26H44O5/c1-7-9-10-14-25(3,4)21-11-12-22(30-18-17-29-16-15-27)23(19-21)31-20-24(28)26(5,6)13-8-2/h8,11-12,19,24,27-28H,2,7,9-10,13-18,20H2,1,3-6H3. The number of aliphatic hydroxyl groups excluding tert-OH is 2. The van der Waals surface area contributed by atoms with Crippen molar-refractivity contribution in [2.75, 3.05) is 33.0 Å². The molecule has 0 aliphatic rings. The largest absolute Gasteiger partial charge is 0.487 e. The lowest BCUT2D eigenvalue weighted by Gasteiger charge is -2.30. The fraction of sp³-hybridized carbons (Fsp3) is 0.692. The summed E-state index contributed by atoms with van der Waals surface area (Å²) in [7, 11) is 0. The van der Waals surface area contributed by atoms with Gasteiger partial charge >= 0.3 is 0 Å². The average molecular weight is 437 g/mol. The summed E-state index contributed by atoms with van der Waals surface area (Å²) in [6, 6.07) is 6.09. The van der Waals surface area contributed by atoms with Crippen molar-refractivity contribution in [3.63, 3.8) is 0 Å². The number of hydrogen-bond donors (Lipinski definition) is 2. The summed E-state index contributed by atoms with van der Waals surface area (Å²) in [5, 5.41) is 19.5. The van der Waals surface area contributed by atoms with Gasteiger partial charge in [0.2, 0.25) is 0 Å². The summed E-state index contributed by atoms with van der Waals surface area (Å²) >= 11 is 0. The summed E-state index contributed by atoms with van der Waals surface area (Å²) in [5.41, 5.74) is 0.900. The van der Waals surface area contributed by atoms with E-state index in [9.17, 15) is 5.11 Å². The first-order chi connectivity index (χ1) is 14.7. The van der Waals surface area contributed by atoms with Crippen LogP contribution in [0.15, 0.2) is 30.9 Å². The lowest BCUT2D eigenvalue weighted by Crippen LogP contribution is -2.34. The van der Waals surface area contributed by atoms with Crippen LogP contribution in [0.3, 0.4) is 0 Å². The molecule has 0 aromatic heterocycles. The van der Waals surface area contributed by atoms with Gasteiger partial charge in [-0.05, 0) is 41.4 Å². The van der Waals surface area contributed by atoms with Gasteiger partial charge in [0.05, 0.1) is 25.9 Å². The number of ether oxygens (including phenoxy) is 3. The molecule has 0 fully saturated rings. The SMILES string of the molecule is C=CCC(C)(C)C(O)COc1cc(C(C)(C)CCCCC)ccc1OCCOCCO. The van der Waals surface area contributed by atoms with Crippen LogP contribution in [0.2, 0.25) is 0 Å². The Morgan fingerprint density at radius 3 is 2.42 bits per heavy atom. The zero-order chi connectivity index (χ0) is 23.3. The molecule has 0 saturated heterocycles. The number of allylic oxidation sites excluding steroid dienone is 1. The second-order valence-corrected chi connectivity index (χ2v) is 9.50. The maximum Gasteiger partial charge on any atom is 0.161 e. The predicted molar refractivity (Wildman–Crippen MR) is 127 cm³/mol. The lowest BCUT2D eigenvalue weighted by molar-refractivity contribution is 0.0121. The summed E-state index contributed by atoms with van der Waals surface area (Å²) < 4.78 is 17.2. The minimum Gasteiger partial charge on any atom is -0.487 e. The third kappa shape index (κ3) is 9.63. The van der Waals surface area contributed by atoms with Gasteiger partial charge in [0.15, 0.2) is 11.5 Å². The highest BCUT2D eigenvalue weighted by Crippen LogP contribution is 2.37. The van der Waals surface area contributed by atoms with Gasteiger partial charge in [-0.3, -0.25) is 0 Å². The molecule has 0 radical (unpaired) electrons. The Hall–Kier alpha value is -1.56. The first-order valence-electron chi connectivity index (χ1n) is 11.6. The molecule has 5 nitrogen and oxygen atoms in total. The molecule has 1 unspecified atom stereocenters. The highest BCUT2D eigenvalue weighted by Gasteiger charge is 2.28. The van der Waals surface area contributed by atoms with Crippen LogP contribution >= 0.6 is 0 Å². The molecule has 0 aliphatic carbocycles. The third-order valence-electron chi connectivity index (χ3n) is 5.82. The van der Waals surface area contributed by atoms with Crippen LogP contribution in [-0.2, 0) is 10.2 Å². The molecule has 31 heavy (non-hydrogen) atoms. The molecule has 1 aromatic rings. The van der Waals surface area contributed by atoms with Gasteiger partial charge in [0.1, 0.15) is 13.2 Å². The molecule has 0 aliphatic heterocycles. The van der Waals surface area contributed by atoms with Gasteiger partial charge in [0.25, 0.3) is 0 Å². The van der Waals surface area contributed by atoms with Crippen LogP contribution < -0.4 is 9.47 Å². The van der Waals surface area contributed by atoms with E-state index in [0.29, 0.717) is 37.7 Å². The number of aliphatic hydroxyl groups is 2. The van der Waals surface area contributed by atoms with Crippen LogP contribution in [0, 0.1) is 5.41 Å². The van der Waals surface area contributed by atoms with Crippen molar-refractivity contribution >= 4 is 0 Å². The predicted octanol–water partition coefficient (Wildman–Crippen LogP) is 5.27. The van der Waals surface area contributed by atoms with Gasteiger partial charge in [-0.2, -0.15) is 0 Å². The molecule has 0 saturated carbocycles. The van der Waals surface area contributed by atoms with Crippen LogP contribution in [0.5, 0.6) is 11.5 Å². The van der Waals surface area contributed by atoms with Crippen LogP contribution in [0.4, 0.5) is 0 Å². The minimum atomic E-state index is -0.632. The normalized spacial score (nSPS) is 13.1. The van der Waals surface area contributed by atoms with Crippen molar-refractivity contribution < 1.29 is 24.4 Å². The molecular weight excluding hydrogens is 392 g/mol. The van der Waals surface area contributed by atoms with Gasteiger partial charge in [-0.15, -0.1) is 6.58 Å². The number of benzene rings is 1. The van der Waals surface area contributed by atoms with Crippen molar-refractivity contribution in [1.29, 1.82) is 0 Å². The second-order valence-electron chi connectivity index (χ2n) is 9.50. The molecule has 2 N–H and O–H groups in total. The molecule has 1 atom stereocenters. The van der Waals surface area contributed by atoms with Crippen molar-refractivity contribution in [1.82, 2.24) is 0 Å². The Kier molecular flexibility index (Phi) is 12.2. The zero-order valence-corrected chi connectivity index (χ0v) is 20.3. The summed E-state index contributed by atoms with van der Waals surface area (Å²) in [4.78, 5) is 0. The summed E-state index contributed by atoms with van der Waals surface area (Å²) in [6.45, 7) is 15.7. The van der Waals surface area contributed by atoms with E-state index >= 15 is 0 Å². The molecule has 178 valence electrons.